The van der Waals surface area contributed by atoms with Crippen molar-refractivity contribution in [1.82, 2.24) is 0 Å². The number of halogens is 2. The summed E-state index contributed by atoms with van der Waals surface area (Å²) >= 11 is 5.12. The number of nitrogens with two attached hydrogens (primary N) is 1. The standard InChI is InChI=1S/C13H14BrNOS.ClH/c1-2-16-12-4-3-10(14)7-11(12)13(15)9-5-6-17-8-9;/h3-8,13H,2,15H2,1H3;1H/t13-;/m0./s1. The predicted molar refractivity (Wildman–Crippen MR) is 82.9 cm³/mol. The van der Waals surface area contributed by atoms with E-state index < -0.39 is 0 Å². The van der Waals surface area contributed by atoms with Crippen molar-refractivity contribution in [2.24, 2.45) is 5.73 Å². The van der Waals surface area contributed by atoms with Gasteiger partial charge in [0.2, 0.25) is 0 Å². The summed E-state index contributed by atoms with van der Waals surface area (Å²) in [5, 5.41) is 4.11. The van der Waals surface area contributed by atoms with Crippen molar-refractivity contribution < 1.29 is 4.74 Å². The Bertz CT molecular complexity index is 490. The predicted octanol–water partition coefficient (Wildman–Crippen LogP) is 4.38. The second-order valence-electron chi connectivity index (χ2n) is 3.65. The molecule has 98 valence electrons. The maximum Gasteiger partial charge on any atom is 0.124 e. The molecule has 0 radical (unpaired) electrons. The SMILES string of the molecule is CCOc1ccc(Br)cc1[C@@H](N)c1ccsc1.Cl. The fourth-order valence-corrected chi connectivity index (χ4v) is 2.76. The van der Waals surface area contributed by atoms with Crippen molar-refractivity contribution in [3.63, 3.8) is 0 Å². The third-order valence-corrected chi connectivity index (χ3v) is 3.70. The van der Waals surface area contributed by atoms with Gasteiger partial charge in [-0.05, 0) is 47.5 Å². The quantitative estimate of drug-likeness (QED) is 0.890. The first-order chi connectivity index (χ1) is 8.22. The molecule has 0 unspecified atom stereocenters. The Kier molecular flexibility index (Phi) is 6.15. The monoisotopic (exact) mass is 347 g/mol. The van der Waals surface area contributed by atoms with Gasteiger partial charge in [-0.2, -0.15) is 11.3 Å². The van der Waals surface area contributed by atoms with E-state index in [0.717, 1.165) is 21.3 Å². The molecule has 0 fully saturated rings. The summed E-state index contributed by atoms with van der Waals surface area (Å²) in [6.45, 7) is 2.62. The Morgan fingerprint density at radius 3 is 2.78 bits per heavy atom. The zero-order chi connectivity index (χ0) is 12.3. The number of hydrogen-bond donors (Lipinski definition) is 1. The highest BCUT2D eigenvalue weighted by atomic mass is 79.9. The van der Waals surface area contributed by atoms with Crippen LogP contribution < -0.4 is 10.5 Å². The molecule has 0 amide bonds. The van der Waals surface area contributed by atoms with E-state index >= 15 is 0 Å². The number of hydrogen-bond acceptors (Lipinski definition) is 3. The van der Waals surface area contributed by atoms with Gasteiger partial charge in [-0.1, -0.05) is 15.9 Å². The largest absolute Gasteiger partial charge is 0.494 e. The zero-order valence-electron chi connectivity index (χ0n) is 9.93. The second kappa shape index (κ2) is 7.14. The summed E-state index contributed by atoms with van der Waals surface area (Å²) in [7, 11) is 0. The van der Waals surface area contributed by atoms with E-state index in [-0.39, 0.29) is 18.4 Å². The molecule has 0 saturated heterocycles. The average molecular weight is 349 g/mol. The maximum atomic E-state index is 6.27. The molecule has 0 spiro atoms. The van der Waals surface area contributed by atoms with Crippen molar-refractivity contribution in [1.29, 1.82) is 0 Å². The van der Waals surface area contributed by atoms with Gasteiger partial charge in [0.05, 0.1) is 12.6 Å². The highest BCUT2D eigenvalue weighted by molar-refractivity contribution is 9.10. The van der Waals surface area contributed by atoms with Gasteiger partial charge in [0.1, 0.15) is 5.75 Å². The lowest BCUT2D eigenvalue weighted by Gasteiger charge is -2.16. The van der Waals surface area contributed by atoms with Gasteiger partial charge in [-0.15, -0.1) is 12.4 Å². The maximum absolute atomic E-state index is 6.27. The van der Waals surface area contributed by atoms with Crippen LogP contribution in [0.5, 0.6) is 5.75 Å². The molecule has 0 aliphatic rings. The summed E-state index contributed by atoms with van der Waals surface area (Å²) in [4.78, 5) is 0. The zero-order valence-corrected chi connectivity index (χ0v) is 13.1. The van der Waals surface area contributed by atoms with E-state index in [9.17, 15) is 0 Å². The minimum Gasteiger partial charge on any atom is -0.494 e. The first kappa shape index (κ1) is 15.5. The van der Waals surface area contributed by atoms with Crippen LogP contribution in [0.1, 0.15) is 24.1 Å². The molecule has 1 aromatic carbocycles. The Labute approximate surface area is 126 Å². The van der Waals surface area contributed by atoms with Gasteiger partial charge in [0, 0.05) is 10.0 Å². The van der Waals surface area contributed by atoms with Crippen molar-refractivity contribution in [3.05, 3.63) is 50.6 Å². The van der Waals surface area contributed by atoms with Gasteiger partial charge in [0.25, 0.3) is 0 Å². The van der Waals surface area contributed by atoms with Crippen LogP contribution in [0.25, 0.3) is 0 Å². The summed E-state index contributed by atoms with van der Waals surface area (Å²) in [5.74, 6) is 0.856. The molecule has 5 heteroatoms. The molecule has 0 bridgehead atoms. The summed E-state index contributed by atoms with van der Waals surface area (Å²) in [5.41, 5.74) is 8.40. The van der Waals surface area contributed by atoms with E-state index in [2.05, 4.69) is 21.3 Å². The van der Waals surface area contributed by atoms with Crippen LogP contribution in [0.2, 0.25) is 0 Å². The molecule has 0 aliphatic carbocycles. The van der Waals surface area contributed by atoms with Crippen LogP contribution in [0, 0.1) is 0 Å². The van der Waals surface area contributed by atoms with E-state index in [0.29, 0.717) is 6.61 Å². The second-order valence-corrected chi connectivity index (χ2v) is 5.35. The molecule has 18 heavy (non-hydrogen) atoms. The van der Waals surface area contributed by atoms with Crippen molar-refractivity contribution >= 4 is 39.7 Å². The molecule has 1 heterocycles. The van der Waals surface area contributed by atoms with Crippen LogP contribution in [0.3, 0.4) is 0 Å². The smallest absolute Gasteiger partial charge is 0.124 e. The summed E-state index contributed by atoms with van der Waals surface area (Å²) in [6.07, 6.45) is 0. The highest BCUT2D eigenvalue weighted by Gasteiger charge is 2.15. The van der Waals surface area contributed by atoms with Gasteiger partial charge in [-0.3, -0.25) is 0 Å². The van der Waals surface area contributed by atoms with E-state index in [4.69, 9.17) is 10.5 Å². The normalized spacial score (nSPS) is 11.7. The average Bonchev–Trinajstić information content (AvgIpc) is 2.84. The minimum atomic E-state index is -0.139. The molecular formula is C13H15BrClNOS. The Balaban J connectivity index is 0.00000162. The first-order valence-electron chi connectivity index (χ1n) is 5.42. The Morgan fingerprint density at radius 1 is 1.39 bits per heavy atom. The van der Waals surface area contributed by atoms with Gasteiger partial charge in [0.15, 0.2) is 0 Å². The summed E-state index contributed by atoms with van der Waals surface area (Å²) in [6, 6.07) is 7.85. The number of rotatable bonds is 4. The van der Waals surface area contributed by atoms with E-state index in [1.165, 1.54) is 0 Å². The van der Waals surface area contributed by atoms with Gasteiger partial charge in [-0.25, -0.2) is 0 Å². The molecule has 0 aliphatic heterocycles. The highest BCUT2D eigenvalue weighted by Crippen LogP contribution is 2.31. The third-order valence-electron chi connectivity index (χ3n) is 2.51. The lowest BCUT2D eigenvalue weighted by atomic mass is 10.0. The summed E-state index contributed by atoms with van der Waals surface area (Å²) < 4.78 is 6.63. The molecule has 2 nitrogen and oxygen atoms in total. The molecule has 1 atom stereocenters. The van der Waals surface area contributed by atoms with Gasteiger partial charge >= 0.3 is 0 Å². The van der Waals surface area contributed by atoms with Crippen LogP contribution in [-0.4, -0.2) is 6.61 Å². The Hall–Kier alpha value is -0.550. The van der Waals surface area contributed by atoms with Gasteiger partial charge < -0.3 is 10.5 Å². The third kappa shape index (κ3) is 3.48. The van der Waals surface area contributed by atoms with E-state index in [1.54, 1.807) is 11.3 Å². The molecule has 0 saturated carbocycles. The molecule has 2 rings (SSSR count). The molecule has 2 N–H and O–H groups in total. The number of thiophene rings is 1. The van der Waals surface area contributed by atoms with Crippen LogP contribution in [0.15, 0.2) is 39.5 Å². The topological polar surface area (TPSA) is 35.2 Å². The van der Waals surface area contributed by atoms with Crippen LogP contribution in [0.4, 0.5) is 0 Å². The fraction of sp³-hybridized carbons (Fsp3) is 0.231. The minimum absolute atomic E-state index is 0. The van der Waals surface area contributed by atoms with Crippen molar-refractivity contribution in [3.8, 4) is 5.75 Å². The van der Waals surface area contributed by atoms with E-state index in [1.807, 2.05) is 36.6 Å². The van der Waals surface area contributed by atoms with Crippen LogP contribution >= 0.6 is 39.7 Å². The Morgan fingerprint density at radius 2 is 2.17 bits per heavy atom. The molecular weight excluding hydrogens is 334 g/mol. The number of ether oxygens (including phenoxy) is 1. The van der Waals surface area contributed by atoms with Crippen molar-refractivity contribution in [2.75, 3.05) is 6.61 Å². The van der Waals surface area contributed by atoms with Crippen LogP contribution in [-0.2, 0) is 0 Å². The fourth-order valence-electron chi connectivity index (χ4n) is 1.68. The molecule has 1 aromatic heterocycles. The molecule has 2 aromatic rings. The first-order valence-corrected chi connectivity index (χ1v) is 7.16. The number of benzene rings is 1. The lowest BCUT2D eigenvalue weighted by Crippen LogP contribution is -2.12. The lowest BCUT2D eigenvalue weighted by molar-refractivity contribution is 0.335. The van der Waals surface area contributed by atoms with Crippen molar-refractivity contribution in [2.45, 2.75) is 13.0 Å².